The lowest BCUT2D eigenvalue weighted by Gasteiger charge is -2.06. The fourth-order valence-electron chi connectivity index (χ4n) is 1.41. The Balaban J connectivity index is 2.57. The Morgan fingerprint density at radius 2 is 2.07 bits per heavy atom. The third-order valence-corrected chi connectivity index (χ3v) is 2.21. The number of benzene rings is 1. The fraction of sp³-hybridized carbons (Fsp3) is 0.455. The topological polar surface area (TPSA) is 61.3 Å². The van der Waals surface area contributed by atoms with E-state index >= 15 is 0 Å². The third-order valence-electron chi connectivity index (χ3n) is 2.21. The van der Waals surface area contributed by atoms with Crippen molar-refractivity contribution in [2.45, 2.75) is 19.3 Å². The minimum atomic E-state index is 0.706. The van der Waals surface area contributed by atoms with Crippen LogP contribution in [0.15, 0.2) is 18.2 Å². The SMILES string of the molecule is COc1ccc(CCCCN)cc1N. The van der Waals surface area contributed by atoms with E-state index < -0.39 is 0 Å². The summed E-state index contributed by atoms with van der Waals surface area (Å²) >= 11 is 0. The lowest BCUT2D eigenvalue weighted by Crippen LogP contribution is -1.99. The minimum Gasteiger partial charge on any atom is -0.495 e. The van der Waals surface area contributed by atoms with Crippen LogP contribution in [-0.2, 0) is 6.42 Å². The third kappa shape index (κ3) is 2.92. The predicted molar refractivity (Wildman–Crippen MR) is 59.4 cm³/mol. The van der Waals surface area contributed by atoms with Crippen LogP contribution >= 0.6 is 0 Å². The summed E-state index contributed by atoms with van der Waals surface area (Å²) in [5, 5.41) is 0. The van der Waals surface area contributed by atoms with Crippen molar-refractivity contribution >= 4 is 5.69 Å². The van der Waals surface area contributed by atoms with Gasteiger partial charge in [0.15, 0.2) is 0 Å². The molecule has 0 atom stereocenters. The molecule has 0 unspecified atom stereocenters. The maximum Gasteiger partial charge on any atom is 0.141 e. The molecule has 3 heteroatoms. The molecule has 0 spiro atoms. The molecule has 0 aliphatic rings. The van der Waals surface area contributed by atoms with E-state index in [1.807, 2.05) is 18.2 Å². The van der Waals surface area contributed by atoms with E-state index in [1.54, 1.807) is 7.11 Å². The Bertz CT molecular complexity index is 287. The molecule has 0 saturated heterocycles. The van der Waals surface area contributed by atoms with Crippen LogP contribution in [0.2, 0.25) is 0 Å². The number of nitrogen functional groups attached to an aromatic ring is 1. The zero-order chi connectivity index (χ0) is 10.4. The molecule has 0 heterocycles. The Morgan fingerprint density at radius 1 is 1.29 bits per heavy atom. The number of hydrogen-bond acceptors (Lipinski definition) is 3. The summed E-state index contributed by atoms with van der Waals surface area (Å²) in [4.78, 5) is 0. The normalized spacial score (nSPS) is 10.1. The molecule has 78 valence electrons. The van der Waals surface area contributed by atoms with Crippen molar-refractivity contribution in [2.24, 2.45) is 5.73 Å². The standard InChI is InChI=1S/C11H18N2O/c1-14-11-6-5-9(8-10(11)13)4-2-3-7-12/h5-6,8H,2-4,7,12-13H2,1H3. The molecule has 0 bridgehead atoms. The molecular weight excluding hydrogens is 176 g/mol. The van der Waals surface area contributed by atoms with Gasteiger partial charge in [0.25, 0.3) is 0 Å². The van der Waals surface area contributed by atoms with Gasteiger partial charge in [0, 0.05) is 0 Å². The lowest BCUT2D eigenvalue weighted by molar-refractivity contribution is 0.417. The number of aryl methyl sites for hydroxylation is 1. The van der Waals surface area contributed by atoms with Crippen LogP contribution in [0.3, 0.4) is 0 Å². The van der Waals surface area contributed by atoms with Crippen molar-refractivity contribution in [2.75, 3.05) is 19.4 Å². The number of nitrogens with two attached hydrogens (primary N) is 2. The zero-order valence-electron chi connectivity index (χ0n) is 8.62. The second-order valence-corrected chi connectivity index (χ2v) is 3.32. The van der Waals surface area contributed by atoms with E-state index in [-0.39, 0.29) is 0 Å². The smallest absolute Gasteiger partial charge is 0.141 e. The van der Waals surface area contributed by atoms with Crippen molar-refractivity contribution in [1.82, 2.24) is 0 Å². The zero-order valence-corrected chi connectivity index (χ0v) is 8.62. The highest BCUT2D eigenvalue weighted by Gasteiger charge is 2.00. The van der Waals surface area contributed by atoms with E-state index in [9.17, 15) is 0 Å². The number of unbranched alkanes of at least 4 members (excludes halogenated alkanes) is 1. The highest BCUT2D eigenvalue weighted by Crippen LogP contribution is 2.22. The van der Waals surface area contributed by atoms with Crippen LogP contribution in [0.25, 0.3) is 0 Å². The van der Waals surface area contributed by atoms with Crippen LogP contribution in [-0.4, -0.2) is 13.7 Å². The first-order valence-corrected chi connectivity index (χ1v) is 4.90. The van der Waals surface area contributed by atoms with E-state index in [0.29, 0.717) is 5.69 Å². The maximum atomic E-state index is 5.79. The summed E-state index contributed by atoms with van der Waals surface area (Å²) in [6.45, 7) is 0.756. The molecule has 4 N–H and O–H groups in total. The van der Waals surface area contributed by atoms with Crippen LogP contribution in [0.5, 0.6) is 5.75 Å². The second-order valence-electron chi connectivity index (χ2n) is 3.32. The van der Waals surface area contributed by atoms with Crippen molar-refractivity contribution < 1.29 is 4.74 Å². The quantitative estimate of drug-likeness (QED) is 0.552. The first-order valence-electron chi connectivity index (χ1n) is 4.90. The van der Waals surface area contributed by atoms with Crippen molar-refractivity contribution in [3.05, 3.63) is 23.8 Å². The van der Waals surface area contributed by atoms with Gasteiger partial charge in [-0.05, 0) is 43.5 Å². The monoisotopic (exact) mass is 194 g/mol. The second kappa shape index (κ2) is 5.50. The first-order chi connectivity index (χ1) is 6.77. The lowest BCUT2D eigenvalue weighted by atomic mass is 10.1. The first kappa shape index (κ1) is 10.9. The van der Waals surface area contributed by atoms with Crippen molar-refractivity contribution in [3.8, 4) is 5.75 Å². The number of ether oxygens (including phenoxy) is 1. The van der Waals surface area contributed by atoms with E-state index in [4.69, 9.17) is 16.2 Å². The Kier molecular flexibility index (Phi) is 4.26. The van der Waals surface area contributed by atoms with Gasteiger partial charge in [0.1, 0.15) is 5.75 Å². The molecule has 1 aromatic rings. The molecule has 0 aliphatic heterocycles. The molecule has 0 radical (unpaired) electrons. The van der Waals surface area contributed by atoms with Gasteiger partial charge in [-0.15, -0.1) is 0 Å². The Morgan fingerprint density at radius 3 is 2.64 bits per heavy atom. The average molecular weight is 194 g/mol. The molecule has 0 fully saturated rings. The summed E-state index contributed by atoms with van der Waals surface area (Å²) in [6, 6.07) is 5.92. The van der Waals surface area contributed by atoms with Gasteiger partial charge in [-0.3, -0.25) is 0 Å². The number of methoxy groups -OCH3 is 1. The minimum absolute atomic E-state index is 0.706. The number of hydrogen-bond donors (Lipinski definition) is 2. The van der Waals surface area contributed by atoms with Gasteiger partial charge in [-0.25, -0.2) is 0 Å². The molecule has 0 aliphatic carbocycles. The molecule has 3 nitrogen and oxygen atoms in total. The van der Waals surface area contributed by atoms with Crippen molar-refractivity contribution in [3.63, 3.8) is 0 Å². The molecule has 0 aromatic heterocycles. The molecule has 0 amide bonds. The van der Waals surface area contributed by atoms with E-state index in [1.165, 1.54) is 5.56 Å². The highest BCUT2D eigenvalue weighted by molar-refractivity contribution is 5.54. The summed E-state index contributed by atoms with van der Waals surface area (Å²) < 4.78 is 5.08. The van der Waals surface area contributed by atoms with Crippen LogP contribution in [0, 0.1) is 0 Å². The largest absolute Gasteiger partial charge is 0.495 e. The van der Waals surface area contributed by atoms with Crippen LogP contribution in [0.1, 0.15) is 18.4 Å². The van der Waals surface area contributed by atoms with Gasteiger partial charge < -0.3 is 16.2 Å². The molecular formula is C11H18N2O. The van der Waals surface area contributed by atoms with Gasteiger partial charge in [-0.1, -0.05) is 6.07 Å². The summed E-state index contributed by atoms with van der Waals surface area (Å²) in [6.07, 6.45) is 3.21. The Hall–Kier alpha value is -1.22. The van der Waals surface area contributed by atoms with Gasteiger partial charge >= 0.3 is 0 Å². The van der Waals surface area contributed by atoms with Crippen LogP contribution < -0.4 is 16.2 Å². The molecule has 1 rings (SSSR count). The molecule has 1 aromatic carbocycles. The summed E-state index contributed by atoms with van der Waals surface area (Å²) in [5.41, 5.74) is 13.2. The van der Waals surface area contributed by atoms with Crippen molar-refractivity contribution in [1.29, 1.82) is 0 Å². The van der Waals surface area contributed by atoms with Gasteiger partial charge in [0.05, 0.1) is 12.8 Å². The van der Waals surface area contributed by atoms with E-state index in [0.717, 1.165) is 31.6 Å². The summed E-state index contributed by atoms with van der Waals surface area (Å²) in [7, 11) is 1.62. The number of anilines is 1. The average Bonchev–Trinajstić information content (AvgIpc) is 2.18. The Labute approximate surface area is 85.0 Å². The van der Waals surface area contributed by atoms with Gasteiger partial charge in [0.2, 0.25) is 0 Å². The molecule has 0 saturated carbocycles. The maximum absolute atomic E-state index is 5.79. The van der Waals surface area contributed by atoms with E-state index in [2.05, 4.69) is 0 Å². The fourth-order valence-corrected chi connectivity index (χ4v) is 1.41. The number of rotatable bonds is 5. The molecule has 14 heavy (non-hydrogen) atoms. The van der Waals surface area contributed by atoms with Crippen LogP contribution in [0.4, 0.5) is 5.69 Å². The predicted octanol–water partition coefficient (Wildman–Crippen LogP) is 1.56. The summed E-state index contributed by atoms with van der Waals surface area (Å²) in [5.74, 6) is 0.743. The van der Waals surface area contributed by atoms with Gasteiger partial charge in [-0.2, -0.15) is 0 Å². The highest BCUT2D eigenvalue weighted by atomic mass is 16.5.